The van der Waals surface area contributed by atoms with Crippen molar-refractivity contribution in [3.05, 3.63) is 33.4 Å². The van der Waals surface area contributed by atoms with Crippen molar-refractivity contribution in [1.29, 1.82) is 0 Å². The van der Waals surface area contributed by atoms with E-state index in [9.17, 15) is 38.3 Å². The molecule has 21 heavy (non-hydrogen) atoms. The van der Waals surface area contributed by atoms with E-state index in [0.717, 1.165) is 6.92 Å². The van der Waals surface area contributed by atoms with Gasteiger partial charge in [0.1, 0.15) is 0 Å². The molecule has 0 bridgehead atoms. The molecule has 0 spiro atoms. The number of hydrogen-bond donors (Lipinski definition) is 2. The predicted octanol–water partition coefficient (Wildman–Crippen LogP) is 1.53. The van der Waals surface area contributed by atoms with Gasteiger partial charge in [-0.05, 0) is 18.6 Å². The van der Waals surface area contributed by atoms with Crippen LogP contribution in [0.1, 0.15) is 11.1 Å². The number of aromatic hydroxyl groups is 1. The van der Waals surface area contributed by atoms with Gasteiger partial charge in [-0.25, -0.2) is 4.79 Å². The number of carbonyl (C=O) groups is 1. The quantitative estimate of drug-likeness (QED) is 0.498. The number of alkyl halides is 3. The maximum Gasteiger partial charge on any atom is 0.432 e. The van der Waals surface area contributed by atoms with Crippen LogP contribution in [0.25, 0.3) is 0 Å². The van der Waals surface area contributed by atoms with Crippen LogP contribution in [0, 0.1) is 17.0 Å². The first-order valence-electron chi connectivity index (χ1n) is 5.32. The normalized spacial score (nSPS) is 14.4. The molecule has 0 unspecified atom stereocenters. The van der Waals surface area contributed by atoms with Crippen LogP contribution in [0.2, 0.25) is 0 Å². The summed E-state index contributed by atoms with van der Waals surface area (Å²) in [5.74, 6) is -2.91. The standard InChI is InChI=1S/C11H10F3NO6/c1-5-3-6(4-7(8(5)16)15(19)20)10(18,9(17)21-2)11(12,13)14/h3-4,16,18H,1-2H3/t10-/m1/s1. The highest BCUT2D eigenvalue weighted by Crippen LogP contribution is 2.43. The molecule has 10 heteroatoms. The molecule has 0 radical (unpaired) electrons. The fourth-order valence-corrected chi connectivity index (χ4v) is 1.65. The van der Waals surface area contributed by atoms with E-state index in [1.165, 1.54) is 0 Å². The Labute approximate surface area is 115 Å². The number of benzene rings is 1. The molecule has 0 aliphatic rings. The average molecular weight is 309 g/mol. The summed E-state index contributed by atoms with van der Waals surface area (Å²) in [6.07, 6.45) is -5.47. The van der Waals surface area contributed by atoms with E-state index in [4.69, 9.17) is 0 Å². The zero-order valence-electron chi connectivity index (χ0n) is 10.8. The number of phenolic OH excluding ortho intramolecular Hbond substituents is 1. The van der Waals surface area contributed by atoms with Gasteiger partial charge in [-0.15, -0.1) is 0 Å². The molecular weight excluding hydrogens is 299 g/mol. The molecule has 0 fully saturated rings. The average Bonchev–Trinajstić information content (AvgIpc) is 2.37. The molecule has 1 atom stereocenters. The summed E-state index contributed by atoms with van der Waals surface area (Å²) in [5, 5.41) is 29.9. The largest absolute Gasteiger partial charge is 0.502 e. The highest BCUT2D eigenvalue weighted by atomic mass is 19.4. The number of halogens is 3. The van der Waals surface area contributed by atoms with Crippen molar-refractivity contribution < 1.29 is 37.8 Å². The molecule has 2 N–H and O–H groups in total. The van der Waals surface area contributed by atoms with Gasteiger partial charge in [-0.3, -0.25) is 10.1 Å². The molecule has 0 aromatic heterocycles. The monoisotopic (exact) mass is 309 g/mol. The van der Waals surface area contributed by atoms with Gasteiger partial charge in [-0.1, -0.05) is 0 Å². The van der Waals surface area contributed by atoms with Crippen LogP contribution in [-0.4, -0.2) is 34.4 Å². The van der Waals surface area contributed by atoms with Gasteiger partial charge in [0.15, 0.2) is 5.75 Å². The molecule has 0 aliphatic carbocycles. The zero-order chi connectivity index (χ0) is 16.6. The molecule has 0 saturated carbocycles. The fourth-order valence-electron chi connectivity index (χ4n) is 1.65. The second kappa shape index (κ2) is 5.20. The molecule has 0 heterocycles. The van der Waals surface area contributed by atoms with E-state index < -0.39 is 39.7 Å². The van der Waals surface area contributed by atoms with Crippen LogP contribution >= 0.6 is 0 Å². The maximum atomic E-state index is 13.0. The Morgan fingerprint density at radius 1 is 1.38 bits per heavy atom. The summed E-state index contributed by atoms with van der Waals surface area (Å²) in [6, 6.07) is 0.888. The summed E-state index contributed by atoms with van der Waals surface area (Å²) in [6.45, 7) is 1.08. The Morgan fingerprint density at radius 2 is 1.90 bits per heavy atom. The second-order valence-corrected chi connectivity index (χ2v) is 4.12. The fraction of sp³-hybridized carbons (Fsp3) is 0.364. The smallest absolute Gasteiger partial charge is 0.432 e. The van der Waals surface area contributed by atoms with Crippen LogP contribution in [-0.2, 0) is 15.1 Å². The number of methoxy groups -OCH3 is 1. The number of carbonyl (C=O) groups excluding carboxylic acids is 1. The number of aliphatic hydroxyl groups is 1. The topological polar surface area (TPSA) is 110 Å². The van der Waals surface area contributed by atoms with Gasteiger partial charge in [0.25, 0.3) is 5.60 Å². The van der Waals surface area contributed by atoms with Gasteiger partial charge in [-0.2, -0.15) is 13.2 Å². The molecule has 116 valence electrons. The van der Waals surface area contributed by atoms with Crippen molar-refractivity contribution in [2.45, 2.75) is 18.7 Å². The van der Waals surface area contributed by atoms with Gasteiger partial charge in [0.2, 0.25) is 0 Å². The Balaban J connectivity index is 3.69. The van der Waals surface area contributed by atoms with Crippen molar-refractivity contribution in [3.63, 3.8) is 0 Å². The lowest BCUT2D eigenvalue weighted by Gasteiger charge is -2.28. The second-order valence-electron chi connectivity index (χ2n) is 4.12. The van der Waals surface area contributed by atoms with Crippen LogP contribution in [0.15, 0.2) is 12.1 Å². The van der Waals surface area contributed by atoms with Crippen molar-refractivity contribution in [2.24, 2.45) is 0 Å². The Hall–Kier alpha value is -2.36. The molecular formula is C11H10F3NO6. The summed E-state index contributed by atoms with van der Waals surface area (Å²) in [7, 11) is 0.626. The van der Waals surface area contributed by atoms with Crippen molar-refractivity contribution in [2.75, 3.05) is 7.11 Å². The number of nitrogens with zero attached hydrogens (tertiary/aromatic N) is 1. The number of esters is 1. The van der Waals surface area contributed by atoms with E-state index in [1.807, 2.05) is 0 Å². The lowest BCUT2D eigenvalue weighted by Crippen LogP contribution is -2.49. The molecule has 0 aliphatic heterocycles. The molecule has 1 aromatic rings. The van der Waals surface area contributed by atoms with E-state index >= 15 is 0 Å². The number of phenols is 1. The Morgan fingerprint density at radius 3 is 2.29 bits per heavy atom. The minimum Gasteiger partial charge on any atom is -0.502 e. The minimum atomic E-state index is -5.47. The third-order valence-corrected chi connectivity index (χ3v) is 2.79. The van der Waals surface area contributed by atoms with Crippen LogP contribution in [0.4, 0.5) is 18.9 Å². The van der Waals surface area contributed by atoms with E-state index in [2.05, 4.69) is 4.74 Å². The van der Waals surface area contributed by atoms with Crippen molar-refractivity contribution >= 4 is 11.7 Å². The summed E-state index contributed by atoms with van der Waals surface area (Å²) >= 11 is 0. The van der Waals surface area contributed by atoms with Gasteiger partial charge < -0.3 is 14.9 Å². The van der Waals surface area contributed by atoms with Crippen LogP contribution < -0.4 is 0 Å². The number of rotatable bonds is 3. The predicted molar refractivity (Wildman–Crippen MR) is 61.5 cm³/mol. The molecule has 1 rings (SSSR count). The number of aryl methyl sites for hydroxylation is 1. The summed E-state index contributed by atoms with van der Waals surface area (Å²) in [5.41, 5.74) is -6.59. The third kappa shape index (κ3) is 2.61. The first kappa shape index (κ1) is 16.7. The minimum absolute atomic E-state index is 0.271. The van der Waals surface area contributed by atoms with Crippen LogP contribution in [0.3, 0.4) is 0 Å². The number of ether oxygens (including phenoxy) is 1. The Bertz CT molecular complexity index is 600. The van der Waals surface area contributed by atoms with Crippen molar-refractivity contribution in [3.8, 4) is 5.75 Å². The van der Waals surface area contributed by atoms with Gasteiger partial charge in [0.05, 0.1) is 12.0 Å². The van der Waals surface area contributed by atoms with Crippen molar-refractivity contribution in [1.82, 2.24) is 0 Å². The highest BCUT2D eigenvalue weighted by Gasteiger charge is 2.62. The first-order chi connectivity index (χ1) is 9.46. The third-order valence-electron chi connectivity index (χ3n) is 2.79. The van der Waals surface area contributed by atoms with E-state index in [1.54, 1.807) is 0 Å². The number of nitro groups is 1. The molecule has 0 amide bonds. The van der Waals surface area contributed by atoms with E-state index in [0.29, 0.717) is 13.2 Å². The highest BCUT2D eigenvalue weighted by molar-refractivity contribution is 5.82. The summed E-state index contributed by atoms with van der Waals surface area (Å²) in [4.78, 5) is 20.9. The Kier molecular flexibility index (Phi) is 4.14. The lowest BCUT2D eigenvalue weighted by molar-refractivity contribution is -0.386. The summed E-state index contributed by atoms with van der Waals surface area (Å²) < 4.78 is 43.0. The van der Waals surface area contributed by atoms with Gasteiger partial charge in [0, 0.05) is 11.6 Å². The molecule has 7 nitrogen and oxygen atoms in total. The maximum absolute atomic E-state index is 13.0. The first-order valence-corrected chi connectivity index (χ1v) is 5.32. The lowest BCUT2D eigenvalue weighted by atomic mass is 9.91. The number of nitro benzene ring substituents is 1. The molecule has 0 saturated heterocycles. The number of hydrogen-bond acceptors (Lipinski definition) is 6. The van der Waals surface area contributed by atoms with Gasteiger partial charge >= 0.3 is 17.8 Å². The molecule has 1 aromatic carbocycles. The SMILES string of the molecule is COC(=O)[C@](O)(c1cc(C)c(O)c([N+](=O)[O-])c1)C(F)(F)F. The van der Waals surface area contributed by atoms with Crippen LogP contribution in [0.5, 0.6) is 5.75 Å². The van der Waals surface area contributed by atoms with E-state index in [-0.39, 0.29) is 11.6 Å². The zero-order valence-corrected chi connectivity index (χ0v) is 10.8.